The number of furan rings is 1. The first kappa shape index (κ1) is 24.4. The minimum atomic E-state index is -3.38. The molecule has 0 fully saturated rings. The van der Waals surface area contributed by atoms with Gasteiger partial charge in [-0.1, -0.05) is 74.8 Å². The minimum absolute atomic E-state index is 0. The Bertz CT molecular complexity index is 2790. The van der Waals surface area contributed by atoms with E-state index in [1.807, 2.05) is 75.5 Å². The third-order valence-electron chi connectivity index (χ3n) is 8.37. The standard InChI is InChI=1S/C27H23N2O.C19H26GeN.Ir/c1-17-10-11-20(23-16-19(14-15-28-23)27(2,3)4)25-24(17)21-12-13-22(29-26(21)30-25)18-8-6-5-7-9-18;1-14(2)11-17-12-19(16-9-7-15(3)8-10-16)21-13-18(17)20(4,5)6;/h5-10,12-16H,1-4H3;7-9,12-14H,11H2,1-6H3;/q2*-1;/i2D3,3D3,4D3;3D3,11D2;. The van der Waals surface area contributed by atoms with E-state index in [-0.39, 0.29) is 37.3 Å². The van der Waals surface area contributed by atoms with E-state index in [9.17, 15) is 0 Å². The van der Waals surface area contributed by atoms with Gasteiger partial charge in [0.2, 0.25) is 5.71 Å². The molecule has 269 valence electrons. The summed E-state index contributed by atoms with van der Waals surface area (Å²) in [6.07, 6.45) is 1.57. The number of aromatic nitrogens is 3. The second kappa shape index (κ2) is 16.0. The maximum atomic E-state index is 8.60. The molecule has 0 aliphatic heterocycles. The molecule has 0 N–H and O–H groups in total. The molecule has 0 aliphatic carbocycles. The van der Waals surface area contributed by atoms with Crippen molar-refractivity contribution in [3.8, 4) is 33.8 Å². The number of aryl methyl sites for hydroxylation is 2. The van der Waals surface area contributed by atoms with Gasteiger partial charge in [-0.15, -0.1) is 17.7 Å². The van der Waals surface area contributed by atoms with Crippen molar-refractivity contribution in [1.29, 1.82) is 0 Å². The first-order chi connectivity index (χ1) is 29.9. The topological polar surface area (TPSA) is 51.8 Å². The van der Waals surface area contributed by atoms with Crippen molar-refractivity contribution >= 4 is 39.7 Å². The number of hydrogen-bond donors (Lipinski definition) is 0. The Hall–Kier alpha value is -3.90. The summed E-state index contributed by atoms with van der Waals surface area (Å²) in [7, 11) is 0. The van der Waals surface area contributed by atoms with E-state index < -0.39 is 58.0 Å². The predicted molar refractivity (Wildman–Crippen MR) is 217 cm³/mol. The summed E-state index contributed by atoms with van der Waals surface area (Å²) in [5, 5.41) is 1.49. The summed E-state index contributed by atoms with van der Waals surface area (Å²) in [6, 6.07) is 30.1. The number of benzene rings is 3. The van der Waals surface area contributed by atoms with Gasteiger partial charge in [0.25, 0.3) is 0 Å². The van der Waals surface area contributed by atoms with Gasteiger partial charge in [0.1, 0.15) is 0 Å². The summed E-state index contributed by atoms with van der Waals surface area (Å²) < 4.78 is 119. The number of hydrogen-bond acceptors (Lipinski definition) is 4. The maximum absolute atomic E-state index is 8.60. The Kier molecular flexibility index (Phi) is 7.51. The molecule has 4 heterocycles. The maximum Gasteiger partial charge on any atom is 0 e. The summed E-state index contributed by atoms with van der Waals surface area (Å²) in [6.45, 7) is -6.65. The van der Waals surface area contributed by atoms with Gasteiger partial charge in [0.15, 0.2) is 0 Å². The molecule has 6 heteroatoms. The van der Waals surface area contributed by atoms with Gasteiger partial charge in [-0.2, -0.15) is 0 Å². The van der Waals surface area contributed by atoms with E-state index in [0.29, 0.717) is 39.4 Å². The summed E-state index contributed by atoms with van der Waals surface area (Å²) in [5.74, 6) is 6.53. The van der Waals surface area contributed by atoms with Crippen molar-refractivity contribution in [2.75, 3.05) is 0 Å². The molecular weight excluding hydrogens is 875 g/mol. The normalized spacial score (nSPS) is 17.0. The van der Waals surface area contributed by atoms with Gasteiger partial charge in [-0.25, -0.2) is 4.98 Å². The second-order valence-corrected chi connectivity index (χ2v) is 24.5. The fraction of sp³-hybridized carbons (Fsp3) is 0.283. The quantitative estimate of drug-likeness (QED) is 0.123. The molecule has 0 aliphatic rings. The van der Waals surface area contributed by atoms with Crippen LogP contribution in [0.4, 0.5) is 0 Å². The van der Waals surface area contributed by atoms with Gasteiger partial charge in [0, 0.05) is 49.6 Å². The van der Waals surface area contributed by atoms with Crippen LogP contribution in [0.1, 0.15) is 75.8 Å². The number of nitrogens with zero attached hydrogens (tertiary/aromatic N) is 3. The van der Waals surface area contributed by atoms with Gasteiger partial charge >= 0.3 is 139 Å². The first-order valence-corrected chi connectivity index (χ1v) is 24.1. The van der Waals surface area contributed by atoms with Crippen LogP contribution in [0, 0.1) is 31.8 Å². The second-order valence-electron chi connectivity index (χ2n) is 13.9. The molecule has 0 unspecified atom stereocenters. The average molecular weight is 939 g/mol. The van der Waals surface area contributed by atoms with Crippen LogP contribution in [0.15, 0.2) is 102 Å². The van der Waals surface area contributed by atoms with Crippen molar-refractivity contribution in [2.45, 2.75) is 77.2 Å². The molecule has 0 amide bonds. The Morgan fingerprint density at radius 3 is 2.35 bits per heavy atom. The third kappa shape index (κ3) is 8.82. The van der Waals surface area contributed by atoms with Gasteiger partial charge in [-0.3, -0.25) is 0 Å². The van der Waals surface area contributed by atoms with Crippen LogP contribution in [0.5, 0.6) is 0 Å². The molecule has 4 nitrogen and oxygen atoms in total. The molecule has 4 aromatic heterocycles. The van der Waals surface area contributed by atoms with Crippen molar-refractivity contribution in [1.82, 2.24) is 15.0 Å². The van der Waals surface area contributed by atoms with Gasteiger partial charge < -0.3 is 9.40 Å². The summed E-state index contributed by atoms with van der Waals surface area (Å²) in [4.78, 5) is 13.6. The van der Waals surface area contributed by atoms with E-state index in [2.05, 4.69) is 44.4 Å². The molecule has 7 aromatic rings. The molecule has 0 spiro atoms. The summed E-state index contributed by atoms with van der Waals surface area (Å²) in [5.41, 5.74) is 2.36. The summed E-state index contributed by atoms with van der Waals surface area (Å²) >= 11 is -2.32. The monoisotopic (exact) mass is 940 g/mol. The molecule has 52 heavy (non-hydrogen) atoms. The van der Waals surface area contributed by atoms with E-state index in [1.54, 1.807) is 18.2 Å². The van der Waals surface area contributed by atoms with Crippen LogP contribution in [0.3, 0.4) is 0 Å². The predicted octanol–water partition coefficient (Wildman–Crippen LogP) is 11.7. The zero-order valence-electron chi connectivity index (χ0n) is 43.9. The number of rotatable bonds is 6. The smallest absolute Gasteiger partial charge is 0 e. The Morgan fingerprint density at radius 2 is 1.67 bits per heavy atom. The largest absolute Gasteiger partial charge is 0 e. The van der Waals surface area contributed by atoms with E-state index in [0.717, 1.165) is 32.4 Å². The van der Waals surface area contributed by atoms with E-state index >= 15 is 0 Å². The van der Waals surface area contributed by atoms with Crippen LogP contribution in [-0.4, -0.2) is 28.2 Å². The average Bonchev–Trinajstić information content (AvgIpc) is 3.59. The molecule has 0 bridgehead atoms. The van der Waals surface area contributed by atoms with Crippen LogP contribution in [0.25, 0.3) is 55.8 Å². The third-order valence-corrected chi connectivity index (χ3v) is 12.6. The zero-order valence-corrected chi connectivity index (χ0v) is 34.4. The van der Waals surface area contributed by atoms with Crippen LogP contribution in [0.2, 0.25) is 17.3 Å². The van der Waals surface area contributed by atoms with Gasteiger partial charge in [-0.05, 0) is 34.9 Å². The Morgan fingerprint density at radius 1 is 0.885 bits per heavy atom. The Labute approximate surface area is 345 Å². The van der Waals surface area contributed by atoms with E-state index in [4.69, 9.17) is 23.6 Å². The van der Waals surface area contributed by atoms with Crippen LogP contribution in [-0.2, 0) is 31.9 Å². The SMILES string of the molecule is [2H]C([2H])([2H])C(c1ccnc(-c2[c-]cc(C)c3c2oc2nc(-c4ccccc4)ccc23)c1)(C([2H])([2H])[2H])C([2H])([2H])[2H].[2H]C([2H])([2H])c1c[c-]c(-c2cc(C([2H])([2H])C(C)C)[c]([Ge]([CH3])([CH3])[CH3])cn2)cc1.[Ir]. The Balaban J connectivity index is 0.000000265. The van der Waals surface area contributed by atoms with Crippen molar-refractivity contribution in [3.63, 3.8) is 0 Å². The van der Waals surface area contributed by atoms with E-state index in [1.165, 1.54) is 18.3 Å². The fourth-order valence-corrected chi connectivity index (χ4v) is 8.79. The molecule has 0 saturated carbocycles. The molecule has 0 saturated heterocycles. The molecule has 7 rings (SSSR count). The van der Waals surface area contributed by atoms with Crippen molar-refractivity contribution < 1.29 is 43.7 Å². The first-order valence-electron chi connectivity index (χ1n) is 23.7. The minimum Gasteiger partial charge on any atom is 0 e. The molecule has 3 aromatic carbocycles. The molecule has 0 atom stereocenters. The molecule has 1 radical (unpaired) electrons. The molecular formula is C46H49GeIrN3O-2. The number of pyridine rings is 3. The van der Waals surface area contributed by atoms with Crippen molar-refractivity contribution in [2.24, 2.45) is 5.92 Å². The fourth-order valence-electron chi connectivity index (χ4n) is 5.84. The zero-order chi connectivity index (χ0) is 48.3. The van der Waals surface area contributed by atoms with Crippen LogP contribution >= 0.6 is 0 Å². The van der Waals surface area contributed by atoms with Crippen molar-refractivity contribution in [3.05, 3.63) is 132 Å². The van der Waals surface area contributed by atoms with Crippen LogP contribution < -0.4 is 4.40 Å². The number of fused-ring (bicyclic) bond motifs is 3. The van der Waals surface area contributed by atoms with Gasteiger partial charge in [0.05, 0.1) is 11.3 Å².